The fourth-order valence-corrected chi connectivity index (χ4v) is 2.10. The molecular formula is C17H24ClN3O3. The van der Waals surface area contributed by atoms with Crippen LogP contribution in [0.2, 0.25) is 0 Å². The Balaban J connectivity index is 2.48. The van der Waals surface area contributed by atoms with Crippen molar-refractivity contribution in [1.29, 1.82) is 0 Å². The average molecular weight is 354 g/mol. The van der Waals surface area contributed by atoms with Crippen molar-refractivity contribution in [3.8, 4) is 0 Å². The third-order valence-corrected chi connectivity index (χ3v) is 3.53. The topological polar surface area (TPSA) is 78.5 Å². The smallest absolute Gasteiger partial charge is 0.243 e. The van der Waals surface area contributed by atoms with Crippen molar-refractivity contribution >= 4 is 35.0 Å². The molecule has 0 fully saturated rings. The van der Waals surface area contributed by atoms with Crippen molar-refractivity contribution in [2.24, 2.45) is 0 Å². The van der Waals surface area contributed by atoms with Gasteiger partial charge in [-0.3, -0.25) is 14.4 Å². The molecule has 1 atom stereocenters. The summed E-state index contributed by atoms with van der Waals surface area (Å²) in [4.78, 5) is 37.1. The van der Waals surface area contributed by atoms with Crippen molar-refractivity contribution in [2.75, 3.05) is 18.4 Å². The van der Waals surface area contributed by atoms with Crippen LogP contribution in [0.25, 0.3) is 0 Å². The minimum atomic E-state index is -0.704. The first-order chi connectivity index (χ1) is 11.2. The number of halogens is 1. The van der Waals surface area contributed by atoms with Crippen LogP contribution in [0.15, 0.2) is 24.3 Å². The molecule has 0 aliphatic carbocycles. The summed E-state index contributed by atoms with van der Waals surface area (Å²) in [6.45, 7) is 6.82. The number of hydrogen-bond acceptors (Lipinski definition) is 3. The number of aryl methyl sites for hydroxylation is 1. The maximum absolute atomic E-state index is 12.0. The van der Waals surface area contributed by atoms with Crippen LogP contribution >= 0.6 is 11.6 Å². The Morgan fingerprint density at radius 2 is 1.67 bits per heavy atom. The molecule has 1 aromatic carbocycles. The van der Waals surface area contributed by atoms with E-state index in [-0.39, 0.29) is 30.9 Å². The molecule has 132 valence electrons. The Labute approximate surface area is 147 Å². The van der Waals surface area contributed by atoms with Gasteiger partial charge in [-0.2, -0.15) is 0 Å². The Morgan fingerprint density at radius 1 is 1.08 bits per heavy atom. The van der Waals surface area contributed by atoms with Gasteiger partial charge in [0.05, 0.1) is 13.1 Å². The van der Waals surface area contributed by atoms with E-state index in [1.54, 1.807) is 32.9 Å². The molecule has 0 bridgehead atoms. The van der Waals surface area contributed by atoms with Gasteiger partial charge in [-0.25, -0.2) is 0 Å². The third kappa shape index (κ3) is 6.58. The van der Waals surface area contributed by atoms with E-state index in [1.807, 2.05) is 19.1 Å². The molecule has 0 aliphatic rings. The number of anilines is 1. The molecule has 1 aromatic rings. The summed E-state index contributed by atoms with van der Waals surface area (Å²) in [6, 6.07) is 7.18. The molecule has 24 heavy (non-hydrogen) atoms. The van der Waals surface area contributed by atoms with Crippen molar-refractivity contribution < 1.29 is 14.4 Å². The van der Waals surface area contributed by atoms with E-state index in [1.165, 1.54) is 4.90 Å². The van der Waals surface area contributed by atoms with E-state index in [0.29, 0.717) is 5.69 Å². The Hall–Kier alpha value is -2.08. The lowest BCUT2D eigenvalue weighted by Gasteiger charge is -2.27. The lowest BCUT2D eigenvalue weighted by atomic mass is 10.2. The molecule has 0 saturated heterocycles. The van der Waals surface area contributed by atoms with E-state index in [2.05, 4.69) is 10.6 Å². The number of nitrogens with zero attached hydrogens (tertiary/aromatic N) is 1. The minimum absolute atomic E-state index is 0.134. The number of nitrogens with one attached hydrogen (secondary N) is 2. The minimum Gasteiger partial charge on any atom is -0.345 e. The van der Waals surface area contributed by atoms with E-state index < -0.39 is 11.3 Å². The Kier molecular flexibility index (Phi) is 7.71. The molecule has 0 spiro atoms. The Morgan fingerprint density at radius 3 is 2.17 bits per heavy atom. The van der Waals surface area contributed by atoms with Crippen LogP contribution in [0.4, 0.5) is 5.69 Å². The lowest BCUT2D eigenvalue weighted by molar-refractivity contribution is -0.137. The van der Waals surface area contributed by atoms with Gasteiger partial charge >= 0.3 is 0 Å². The van der Waals surface area contributed by atoms with E-state index >= 15 is 0 Å². The van der Waals surface area contributed by atoms with Crippen LogP contribution in [0.5, 0.6) is 0 Å². The SMILES string of the molecule is Cc1ccc(NC(=O)CNC(=O)CN(C(=O)[C@H](C)Cl)C(C)C)cc1. The number of hydrogen-bond donors (Lipinski definition) is 2. The van der Waals surface area contributed by atoms with Crippen LogP contribution < -0.4 is 10.6 Å². The van der Waals surface area contributed by atoms with Gasteiger partial charge in [0.1, 0.15) is 5.38 Å². The number of rotatable bonds is 7. The number of benzene rings is 1. The predicted octanol–water partition coefficient (Wildman–Crippen LogP) is 1.91. The maximum Gasteiger partial charge on any atom is 0.243 e. The van der Waals surface area contributed by atoms with Gasteiger partial charge in [0.25, 0.3) is 0 Å². The summed E-state index contributed by atoms with van der Waals surface area (Å²) >= 11 is 5.79. The van der Waals surface area contributed by atoms with Gasteiger partial charge in [-0.05, 0) is 39.8 Å². The molecular weight excluding hydrogens is 330 g/mol. The van der Waals surface area contributed by atoms with Gasteiger partial charge in [0.15, 0.2) is 0 Å². The molecule has 3 amide bonds. The summed E-state index contributed by atoms with van der Waals surface area (Å²) in [5, 5.41) is 4.49. The number of carbonyl (C=O) groups excluding carboxylic acids is 3. The first-order valence-corrected chi connectivity index (χ1v) is 8.22. The van der Waals surface area contributed by atoms with Gasteiger partial charge in [0, 0.05) is 11.7 Å². The van der Waals surface area contributed by atoms with Gasteiger partial charge < -0.3 is 15.5 Å². The molecule has 2 N–H and O–H groups in total. The van der Waals surface area contributed by atoms with Crippen LogP contribution in [0.3, 0.4) is 0 Å². The molecule has 0 aromatic heterocycles. The normalized spacial score (nSPS) is 11.8. The summed E-state index contributed by atoms with van der Waals surface area (Å²) in [5.74, 6) is -1.06. The average Bonchev–Trinajstić information content (AvgIpc) is 2.51. The highest BCUT2D eigenvalue weighted by Crippen LogP contribution is 2.08. The van der Waals surface area contributed by atoms with Crippen LogP contribution in [-0.4, -0.2) is 47.1 Å². The van der Waals surface area contributed by atoms with Crippen LogP contribution in [0, 0.1) is 6.92 Å². The second-order valence-electron chi connectivity index (χ2n) is 5.87. The highest BCUT2D eigenvalue weighted by Gasteiger charge is 2.23. The summed E-state index contributed by atoms with van der Waals surface area (Å²) in [5.41, 5.74) is 1.75. The van der Waals surface area contributed by atoms with E-state index in [4.69, 9.17) is 11.6 Å². The molecule has 0 radical (unpaired) electrons. The zero-order valence-corrected chi connectivity index (χ0v) is 15.2. The monoisotopic (exact) mass is 353 g/mol. The largest absolute Gasteiger partial charge is 0.345 e. The predicted molar refractivity (Wildman–Crippen MR) is 95.0 cm³/mol. The van der Waals surface area contributed by atoms with E-state index in [0.717, 1.165) is 5.56 Å². The molecule has 0 saturated carbocycles. The van der Waals surface area contributed by atoms with Crippen LogP contribution in [0.1, 0.15) is 26.3 Å². The highest BCUT2D eigenvalue weighted by molar-refractivity contribution is 6.30. The second kappa shape index (κ2) is 9.27. The summed E-state index contributed by atoms with van der Waals surface area (Å²) in [6.07, 6.45) is 0. The first kappa shape index (κ1) is 20.0. The fraction of sp³-hybridized carbons (Fsp3) is 0.471. The van der Waals surface area contributed by atoms with Crippen molar-refractivity contribution in [3.63, 3.8) is 0 Å². The zero-order valence-electron chi connectivity index (χ0n) is 14.4. The van der Waals surface area contributed by atoms with Crippen molar-refractivity contribution in [2.45, 2.75) is 39.1 Å². The molecule has 0 aliphatic heterocycles. The number of amides is 3. The zero-order chi connectivity index (χ0) is 18.3. The molecule has 1 rings (SSSR count). The van der Waals surface area contributed by atoms with Crippen molar-refractivity contribution in [3.05, 3.63) is 29.8 Å². The second-order valence-corrected chi connectivity index (χ2v) is 6.52. The van der Waals surface area contributed by atoms with Crippen LogP contribution in [-0.2, 0) is 14.4 Å². The molecule has 6 nitrogen and oxygen atoms in total. The molecule has 0 unspecified atom stereocenters. The standard InChI is InChI=1S/C17H24ClN3O3/c1-11(2)21(17(24)13(4)18)10-16(23)19-9-15(22)20-14-7-5-12(3)6-8-14/h5-8,11,13H,9-10H2,1-4H3,(H,19,23)(H,20,22)/t13-/m0/s1. The number of carbonyl (C=O) groups is 3. The first-order valence-electron chi connectivity index (χ1n) is 7.78. The van der Waals surface area contributed by atoms with Gasteiger partial charge in [-0.1, -0.05) is 17.7 Å². The van der Waals surface area contributed by atoms with E-state index in [9.17, 15) is 14.4 Å². The molecule has 0 heterocycles. The van der Waals surface area contributed by atoms with Crippen molar-refractivity contribution in [1.82, 2.24) is 10.2 Å². The molecule has 7 heteroatoms. The third-order valence-electron chi connectivity index (χ3n) is 3.34. The van der Waals surface area contributed by atoms with Gasteiger partial charge in [0.2, 0.25) is 17.7 Å². The van der Waals surface area contributed by atoms with Gasteiger partial charge in [-0.15, -0.1) is 11.6 Å². The fourth-order valence-electron chi connectivity index (χ4n) is 1.98. The number of alkyl halides is 1. The quantitative estimate of drug-likeness (QED) is 0.735. The Bertz CT molecular complexity index is 585. The lowest BCUT2D eigenvalue weighted by Crippen LogP contribution is -2.47. The highest BCUT2D eigenvalue weighted by atomic mass is 35.5. The summed E-state index contributed by atoms with van der Waals surface area (Å²) in [7, 11) is 0. The summed E-state index contributed by atoms with van der Waals surface area (Å²) < 4.78 is 0. The maximum atomic E-state index is 12.0.